The lowest BCUT2D eigenvalue weighted by Gasteiger charge is -2.02. The Morgan fingerprint density at radius 1 is 1.44 bits per heavy atom. The minimum absolute atomic E-state index is 0.449. The van der Waals surface area contributed by atoms with Gasteiger partial charge in [-0.3, -0.25) is 0 Å². The van der Waals surface area contributed by atoms with Crippen molar-refractivity contribution in [2.75, 3.05) is 0 Å². The van der Waals surface area contributed by atoms with E-state index in [0.29, 0.717) is 5.56 Å². The minimum atomic E-state index is -1.46. The Morgan fingerprint density at radius 2 is 2.12 bits per heavy atom. The summed E-state index contributed by atoms with van der Waals surface area (Å²) in [5.41, 5.74) is 1.39. The molecule has 0 saturated heterocycles. The van der Waals surface area contributed by atoms with Crippen LogP contribution in [-0.2, 0) is 11.3 Å². The van der Waals surface area contributed by atoms with Crippen LogP contribution in [0.3, 0.4) is 0 Å². The van der Waals surface area contributed by atoms with E-state index >= 15 is 0 Å². The van der Waals surface area contributed by atoms with Gasteiger partial charge in [-0.25, -0.2) is 4.79 Å². The third kappa shape index (κ3) is 1.57. The molecule has 0 aliphatic heterocycles. The largest absolute Gasteiger partial charge is 0.479 e. The zero-order valence-electron chi connectivity index (χ0n) is 8.92. The number of aliphatic hydroxyl groups is 1. The molecule has 84 valence electrons. The van der Waals surface area contributed by atoms with E-state index in [9.17, 15) is 9.90 Å². The van der Waals surface area contributed by atoms with E-state index in [1.54, 1.807) is 6.20 Å². The van der Waals surface area contributed by atoms with Crippen molar-refractivity contribution in [1.82, 2.24) is 4.57 Å². The number of nitrogens with zero attached hydrogens (tertiary/aromatic N) is 1. The second kappa shape index (κ2) is 3.98. The fourth-order valence-electron chi connectivity index (χ4n) is 1.89. The zero-order chi connectivity index (χ0) is 11.7. The van der Waals surface area contributed by atoms with Gasteiger partial charge in [-0.2, -0.15) is 0 Å². The van der Waals surface area contributed by atoms with Crippen molar-refractivity contribution in [2.45, 2.75) is 19.6 Å². The highest BCUT2D eigenvalue weighted by Gasteiger charge is 2.20. The van der Waals surface area contributed by atoms with Crippen LogP contribution < -0.4 is 0 Å². The first-order valence-electron chi connectivity index (χ1n) is 5.13. The third-order valence-corrected chi connectivity index (χ3v) is 2.69. The quantitative estimate of drug-likeness (QED) is 0.827. The number of aromatic nitrogens is 1. The van der Waals surface area contributed by atoms with Gasteiger partial charge in [0.15, 0.2) is 6.10 Å². The SMILES string of the molecule is CCn1cc(C(O)C(=O)O)c2ccccc21. The van der Waals surface area contributed by atoms with E-state index in [2.05, 4.69) is 0 Å². The standard InChI is InChI=1S/C12H13NO3/c1-2-13-7-9(11(14)12(15)16)8-5-3-4-6-10(8)13/h3-7,11,14H,2H2,1H3,(H,15,16). The molecule has 1 aromatic carbocycles. The fraction of sp³-hybridized carbons (Fsp3) is 0.250. The second-order valence-electron chi connectivity index (χ2n) is 3.63. The lowest BCUT2D eigenvalue weighted by Crippen LogP contribution is -2.09. The topological polar surface area (TPSA) is 62.5 Å². The van der Waals surface area contributed by atoms with Gasteiger partial charge in [0.05, 0.1) is 0 Å². The molecular weight excluding hydrogens is 206 g/mol. The Labute approximate surface area is 92.7 Å². The Bertz CT molecular complexity index is 530. The maximum Gasteiger partial charge on any atom is 0.337 e. The summed E-state index contributed by atoms with van der Waals surface area (Å²) < 4.78 is 1.93. The molecule has 0 spiro atoms. The highest BCUT2D eigenvalue weighted by atomic mass is 16.4. The number of hydrogen-bond acceptors (Lipinski definition) is 2. The summed E-state index contributed by atoms with van der Waals surface area (Å²) in [5.74, 6) is -1.22. The number of aryl methyl sites for hydroxylation is 1. The Hall–Kier alpha value is -1.81. The molecule has 0 fully saturated rings. The van der Waals surface area contributed by atoms with Crippen molar-refractivity contribution in [3.05, 3.63) is 36.0 Å². The smallest absolute Gasteiger partial charge is 0.337 e. The molecule has 0 amide bonds. The number of aliphatic hydroxyl groups excluding tert-OH is 1. The molecule has 1 heterocycles. The van der Waals surface area contributed by atoms with Gasteiger partial charge in [0.2, 0.25) is 0 Å². The van der Waals surface area contributed by atoms with Gasteiger partial charge < -0.3 is 14.8 Å². The number of carboxylic acids is 1. The van der Waals surface area contributed by atoms with Crippen molar-refractivity contribution < 1.29 is 15.0 Å². The van der Waals surface area contributed by atoms with Crippen molar-refractivity contribution in [3.8, 4) is 0 Å². The molecule has 16 heavy (non-hydrogen) atoms. The van der Waals surface area contributed by atoms with Crippen LogP contribution in [0, 0.1) is 0 Å². The molecule has 1 unspecified atom stereocenters. The summed E-state index contributed by atoms with van der Waals surface area (Å²) in [6.45, 7) is 2.72. The monoisotopic (exact) mass is 219 g/mol. The van der Waals surface area contributed by atoms with E-state index < -0.39 is 12.1 Å². The van der Waals surface area contributed by atoms with Crippen molar-refractivity contribution in [2.24, 2.45) is 0 Å². The van der Waals surface area contributed by atoms with E-state index in [0.717, 1.165) is 17.4 Å². The number of benzene rings is 1. The van der Waals surface area contributed by atoms with Crippen LogP contribution in [-0.4, -0.2) is 20.7 Å². The summed E-state index contributed by atoms with van der Waals surface area (Å²) in [6.07, 6.45) is 0.237. The van der Waals surface area contributed by atoms with E-state index in [1.165, 1.54) is 0 Å². The van der Waals surface area contributed by atoms with Gasteiger partial charge in [-0.05, 0) is 13.0 Å². The van der Waals surface area contributed by atoms with Crippen LogP contribution in [0.2, 0.25) is 0 Å². The van der Waals surface area contributed by atoms with E-state index in [1.807, 2.05) is 35.8 Å². The second-order valence-corrected chi connectivity index (χ2v) is 3.63. The molecule has 0 aliphatic rings. The minimum Gasteiger partial charge on any atom is -0.479 e. The molecule has 2 rings (SSSR count). The van der Waals surface area contributed by atoms with Crippen LogP contribution in [0.1, 0.15) is 18.6 Å². The average Bonchev–Trinajstić information content (AvgIpc) is 2.66. The lowest BCUT2D eigenvalue weighted by molar-refractivity contribution is -0.146. The third-order valence-electron chi connectivity index (χ3n) is 2.69. The van der Waals surface area contributed by atoms with Crippen LogP contribution in [0.4, 0.5) is 0 Å². The number of carboxylic acid groups (broad SMARTS) is 1. The maximum absolute atomic E-state index is 10.8. The number of para-hydroxylation sites is 1. The van der Waals surface area contributed by atoms with Gasteiger partial charge >= 0.3 is 5.97 Å². The summed E-state index contributed by atoms with van der Waals surface area (Å²) >= 11 is 0. The van der Waals surface area contributed by atoms with Crippen LogP contribution in [0.15, 0.2) is 30.5 Å². The normalized spacial score (nSPS) is 12.9. The van der Waals surface area contributed by atoms with Gasteiger partial charge in [-0.15, -0.1) is 0 Å². The van der Waals surface area contributed by atoms with Crippen LogP contribution in [0.5, 0.6) is 0 Å². The maximum atomic E-state index is 10.8. The van der Waals surface area contributed by atoms with Gasteiger partial charge in [0.1, 0.15) is 0 Å². The summed E-state index contributed by atoms with van der Waals surface area (Å²) in [4.78, 5) is 10.8. The van der Waals surface area contributed by atoms with Gasteiger partial charge in [0, 0.05) is 29.2 Å². The van der Waals surface area contributed by atoms with E-state index in [4.69, 9.17) is 5.11 Å². The number of rotatable bonds is 3. The number of hydrogen-bond donors (Lipinski definition) is 2. The molecule has 4 heteroatoms. The average molecular weight is 219 g/mol. The highest BCUT2D eigenvalue weighted by Crippen LogP contribution is 2.26. The molecule has 1 aromatic heterocycles. The molecule has 2 aromatic rings. The molecule has 0 radical (unpaired) electrons. The van der Waals surface area contributed by atoms with Crippen LogP contribution in [0.25, 0.3) is 10.9 Å². The van der Waals surface area contributed by atoms with Crippen molar-refractivity contribution >= 4 is 16.9 Å². The summed E-state index contributed by atoms with van der Waals surface area (Å²) in [5, 5.41) is 19.2. The molecule has 2 N–H and O–H groups in total. The lowest BCUT2D eigenvalue weighted by atomic mass is 10.1. The predicted octanol–water partition coefficient (Wildman–Crippen LogP) is 1.78. The number of aliphatic carboxylic acids is 1. The van der Waals surface area contributed by atoms with Crippen molar-refractivity contribution in [1.29, 1.82) is 0 Å². The highest BCUT2D eigenvalue weighted by molar-refractivity contribution is 5.89. The van der Waals surface area contributed by atoms with Crippen LogP contribution >= 0.6 is 0 Å². The molecule has 0 saturated carbocycles. The first kappa shape index (κ1) is 10.7. The Kier molecular flexibility index (Phi) is 2.66. The molecule has 0 bridgehead atoms. The Morgan fingerprint density at radius 3 is 2.75 bits per heavy atom. The number of fused-ring (bicyclic) bond motifs is 1. The zero-order valence-corrected chi connectivity index (χ0v) is 8.92. The Balaban J connectivity index is 2.66. The number of carbonyl (C=O) groups is 1. The fourth-order valence-corrected chi connectivity index (χ4v) is 1.89. The molecular formula is C12H13NO3. The van der Waals surface area contributed by atoms with E-state index in [-0.39, 0.29) is 0 Å². The predicted molar refractivity (Wildman–Crippen MR) is 60.2 cm³/mol. The van der Waals surface area contributed by atoms with Gasteiger partial charge in [-0.1, -0.05) is 18.2 Å². The molecule has 4 nitrogen and oxygen atoms in total. The first-order valence-corrected chi connectivity index (χ1v) is 5.13. The van der Waals surface area contributed by atoms with Crippen molar-refractivity contribution in [3.63, 3.8) is 0 Å². The first-order chi connectivity index (χ1) is 7.65. The summed E-state index contributed by atoms with van der Waals surface area (Å²) in [6, 6.07) is 7.46. The molecule has 1 atom stereocenters. The van der Waals surface area contributed by atoms with Gasteiger partial charge in [0.25, 0.3) is 0 Å². The summed E-state index contributed by atoms with van der Waals surface area (Å²) in [7, 11) is 0. The molecule has 0 aliphatic carbocycles.